The van der Waals surface area contributed by atoms with Crippen molar-refractivity contribution < 1.29 is 14.3 Å². The summed E-state index contributed by atoms with van der Waals surface area (Å²) >= 11 is 0. The van der Waals surface area contributed by atoms with E-state index in [9.17, 15) is 4.79 Å². The third-order valence-electron chi connectivity index (χ3n) is 5.26. The van der Waals surface area contributed by atoms with Crippen LogP contribution < -0.4 is 20.1 Å². The van der Waals surface area contributed by atoms with Gasteiger partial charge in [-0.05, 0) is 56.1 Å². The molecule has 8 nitrogen and oxygen atoms in total. The molecule has 1 atom stereocenters. The summed E-state index contributed by atoms with van der Waals surface area (Å²) in [5.74, 6) is 2.85. The molecule has 0 spiro atoms. The first kappa shape index (κ1) is 17.8. The predicted octanol–water partition coefficient (Wildman–Crippen LogP) is 1.48. The van der Waals surface area contributed by atoms with Crippen LogP contribution in [0.1, 0.15) is 30.1 Å². The van der Waals surface area contributed by atoms with Crippen molar-refractivity contribution in [3.05, 3.63) is 29.6 Å². The molecule has 27 heavy (non-hydrogen) atoms. The molecule has 2 aliphatic heterocycles. The Labute approximate surface area is 158 Å². The van der Waals surface area contributed by atoms with E-state index in [2.05, 4.69) is 20.7 Å². The Kier molecular flexibility index (Phi) is 4.98. The number of rotatable bonds is 4. The normalized spacial score (nSPS) is 19.9. The quantitative estimate of drug-likeness (QED) is 0.846. The molecule has 1 aromatic heterocycles. The number of aryl methyl sites for hydroxylation is 1. The molecule has 0 bridgehead atoms. The molecule has 144 valence electrons. The second-order valence-corrected chi connectivity index (χ2v) is 7.12. The first-order chi connectivity index (χ1) is 13.1. The van der Waals surface area contributed by atoms with Crippen molar-refractivity contribution in [2.24, 2.45) is 13.0 Å². The van der Waals surface area contributed by atoms with Crippen LogP contribution >= 0.6 is 0 Å². The molecule has 2 N–H and O–H groups in total. The van der Waals surface area contributed by atoms with Crippen LogP contribution in [0, 0.1) is 5.92 Å². The van der Waals surface area contributed by atoms with E-state index in [0.29, 0.717) is 24.9 Å². The summed E-state index contributed by atoms with van der Waals surface area (Å²) in [4.78, 5) is 17.3. The van der Waals surface area contributed by atoms with Gasteiger partial charge in [0.05, 0.1) is 13.0 Å². The molecule has 2 aromatic rings. The minimum atomic E-state index is -0.274. The number of hydrogen-bond acceptors (Lipinski definition) is 6. The van der Waals surface area contributed by atoms with Crippen molar-refractivity contribution >= 4 is 11.9 Å². The first-order valence-electron chi connectivity index (χ1n) is 9.36. The van der Waals surface area contributed by atoms with Gasteiger partial charge in [0, 0.05) is 13.0 Å². The zero-order chi connectivity index (χ0) is 18.8. The zero-order valence-electron chi connectivity index (χ0n) is 15.7. The number of nitrogens with one attached hydrogen (secondary N) is 2. The lowest BCUT2D eigenvalue weighted by Gasteiger charge is -2.24. The Balaban J connectivity index is 1.44. The Morgan fingerprint density at radius 2 is 2.19 bits per heavy atom. The predicted molar refractivity (Wildman–Crippen MR) is 100 cm³/mol. The van der Waals surface area contributed by atoms with E-state index in [-0.39, 0.29) is 11.8 Å². The summed E-state index contributed by atoms with van der Waals surface area (Å²) in [6, 6.07) is 5.67. The van der Waals surface area contributed by atoms with Gasteiger partial charge < -0.3 is 14.8 Å². The fourth-order valence-electron chi connectivity index (χ4n) is 3.64. The van der Waals surface area contributed by atoms with Crippen LogP contribution in [0.25, 0.3) is 0 Å². The van der Waals surface area contributed by atoms with E-state index in [0.717, 1.165) is 48.8 Å². The Morgan fingerprint density at radius 3 is 2.96 bits per heavy atom. The lowest BCUT2D eigenvalue weighted by molar-refractivity contribution is -0.121. The molecular weight excluding hydrogens is 346 g/mol. The second kappa shape index (κ2) is 7.56. The fourth-order valence-corrected chi connectivity index (χ4v) is 3.64. The molecule has 2 aliphatic rings. The average molecular weight is 371 g/mol. The third kappa shape index (κ3) is 3.75. The number of ether oxygens (including phenoxy) is 2. The van der Waals surface area contributed by atoms with E-state index in [1.807, 2.05) is 25.2 Å². The van der Waals surface area contributed by atoms with Crippen LogP contribution in [0.15, 0.2) is 18.2 Å². The largest absolute Gasteiger partial charge is 0.497 e. The second-order valence-electron chi connectivity index (χ2n) is 7.12. The van der Waals surface area contributed by atoms with Gasteiger partial charge in [-0.3, -0.25) is 10.1 Å². The molecule has 1 saturated heterocycles. The number of aromatic nitrogens is 3. The molecular formula is C19H25N5O3. The minimum Gasteiger partial charge on any atom is -0.497 e. The van der Waals surface area contributed by atoms with Gasteiger partial charge in [0.1, 0.15) is 18.1 Å². The maximum Gasteiger partial charge on any atom is 0.233 e. The van der Waals surface area contributed by atoms with Gasteiger partial charge in [0.15, 0.2) is 5.82 Å². The van der Waals surface area contributed by atoms with Gasteiger partial charge in [-0.1, -0.05) is 0 Å². The standard InChI is InChI=1S/C19H25N5O3/c1-24-19(21-17(23-24)12-5-7-20-8-6-12)22-18(25)14-9-13-10-15(26-2)3-4-16(13)27-11-14/h3-4,10,12,14,20H,5-9,11H2,1-2H3,(H,21,22,23,25). The number of hydrogen-bond donors (Lipinski definition) is 2. The van der Waals surface area contributed by atoms with E-state index in [1.54, 1.807) is 11.8 Å². The summed E-state index contributed by atoms with van der Waals surface area (Å²) < 4.78 is 12.7. The number of carbonyl (C=O) groups is 1. The molecule has 0 radical (unpaired) electrons. The van der Waals surface area contributed by atoms with Crippen LogP contribution in [-0.4, -0.2) is 47.5 Å². The smallest absolute Gasteiger partial charge is 0.233 e. The first-order valence-corrected chi connectivity index (χ1v) is 9.36. The van der Waals surface area contributed by atoms with E-state index in [1.165, 1.54) is 0 Å². The average Bonchev–Trinajstić information content (AvgIpc) is 3.08. The van der Waals surface area contributed by atoms with Gasteiger partial charge in [-0.15, -0.1) is 0 Å². The topological polar surface area (TPSA) is 90.3 Å². The van der Waals surface area contributed by atoms with Crippen molar-refractivity contribution in [3.63, 3.8) is 0 Å². The number of anilines is 1. The van der Waals surface area contributed by atoms with Crippen LogP contribution in [0.4, 0.5) is 5.95 Å². The monoisotopic (exact) mass is 371 g/mol. The van der Waals surface area contributed by atoms with Crippen LogP contribution in [0.3, 0.4) is 0 Å². The Bertz CT molecular complexity index is 829. The number of nitrogens with zero attached hydrogens (tertiary/aromatic N) is 3. The summed E-state index contributed by atoms with van der Waals surface area (Å²) in [5, 5.41) is 10.8. The maximum absolute atomic E-state index is 12.8. The summed E-state index contributed by atoms with van der Waals surface area (Å²) in [6.07, 6.45) is 2.65. The van der Waals surface area contributed by atoms with Crippen LogP contribution in [0.2, 0.25) is 0 Å². The van der Waals surface area contributed by atoms with Crippen molar-refractivity contribution in [1.29, 1.82) is 0 Å². The van der Waals surface area contributed by atoms with Gasteiger partial charge in [-0.25, -0.2) is 4.68 Å². The highest BCUT2D eigenvalue weighted by Crippen LogP contribution is 2.31. The van der Waals surface area contributed by atoms with Crippen LogP contribution in [0.5, 0.6) is 11.5 Å². The Morgan fingerprint density at radius 1 is 1.37 bits per heavy atom. The molecule has 1 aromatic carbocycles. The van der Waals surface area contributed by atoms with E-state index >= 15 is 0 Å². The van der Waals surface area contributed by atoms with Gasteiger partial charge in [0.2, 0.25) is 11.9 Å². The molecule has 0 saturated carbocycles. The van der Waals surface area contributed by atoms with Gasteiger partial charge in [-0.2, -0.15) is 10.1 Å². The lowest BCUT2D eigenvalue weighted by atomic mass is 9.96. The third-order valence-corrected chi connectivity index (χ3v) is 5.26. The zero-order valence-corrected chi connectivity index (χ0v) is 15.7. The van der Waals surface area contributed by atoms with E-state index < -0.39 is 0 Å². The molecule has 8 heteroatoms. The van der Waals surface area contributed by atoms with Crippen molar-refractivity contribution in [3.8, 4) is 11.5 Å². The number of methoxy groups -OCH3 is 1. The highest BCUT2D eigenvalue weighted by molar-refractivity contribution is 5.91. The molecule has 4 rings (SSSR count). The van der Waals surface area contributed by atoms with Gasteiger partial charge >= 0.3 is 0 Å². The van der Waals surface area contributed by atoms with Crippen molar-refractivity contribution in [2.75, 3.05) is 32.1 Å². The summed E-state index contributed by atoms with van der Waals surface area (Å²) in [7, 11) is 3.44. The van der Waals surface area contributed by atoms with Crippen LogP contribution in [-0.2, 0) is 18.3 Å². The highest BCUT2D eigenvalue weighted by atomic mass is 16.5. The molecule has 1 unspecified atom stereocenters. The number of benzene rings is 1. The molecule has 1 fully saturated rings. The lowest BCUT2D eigenvalue weighted by Crippen LogP contribution is -2.33. The SMILES string of the molecule is COc1ccc2c(c1)CC(C(=O)Nc1nc(C3CCNCC3)nn1C)CO2. The number of carbonyl (C=O) groups excluding carboxylic acids is 1. The summed E-state index contributed by atoms with van der Waals surface area (Å²) in [6.45, 7) is 2.31. The fraction of sp³-hybridized carbons (Fsp3) is 0.526. The number of piperidine rings is 1. The van der Waals surface area contributed by atoms with Crippen molar-refractivity contribution in [2.45, 2.75) is 25.2 Å². The summed E-state index contributed by atoms with van der Waals surface area (Å²) in [5.41, 5.74) is 0.981. The number of fused-ring (bicyclic) bond motifs is 1. The van der Waals surface area contributed by atoms with Crippen molar-refractivity contribution in [1.82, 2.24) is 20.1 Å². The number of amides is 1. The van der Waals surface area contributed by atoms with E-state index in [4.69, 9.17) is 9.47 Å². The molecule has 0 aliphatic carbocycles. The Hall–Kier alpha value is -2.61. The molecule has 1 amide bonds. The van der Waals surface area contributed by atoms with Gasteiger partial charge in [0.25, 0.3) is 0 Å². The molecule has 3 heterocycles. The minimum absolute atomic E-state index is 0.101. The highest BCUT2D eigenvalue weighted by Gasteiger charge is 2.28. The maximum atomic E-state index is 12.8.